The van der Waals surface area contributed by atoms with Gasteiger partial charge in [-0.3, -0.25) is 9.69 Å². The van der Waals surface area contributed by atoms with Crippen LogP contribution in [0.5, 0.6) is 0 Å². The van der Waals surface area contributed by atoms with E-state index in [0.29, 0.717) is 22.2 Å². The van der Waals surface area contributed by atoms with Crippen molar-refractivity contribution in [2.75, 3.05) is 25.0 Å². The summed E-state index contributed by atoms with van der Waals surface area (Å²) in [7, 11) is 0. The van der Waals surface area contributed by atoms with E-state index in [1.807, 2.05) is 48.6 Å². The molecule has 4 rings (SSSR count). The molecule has 0 spiro atoms. The first kappa shape index (κ1) is 23.7. The van der Waals surface area contributed by atoms with E-state index in [-0.39, 0.29) is 6.42 Å². The van der Waals surface area contributed by atoms with E-state index in [9.17, 15) is 4.79 Å². The van der Waals surface area contributed by atoms with Gasteiger partial charge in [0.05, 0.1) is 18.7 Å². The Hall–Kier alpha value is -3.40. The maximum atomic E-state index is 11.6. The predicted molar refractivity (Wildman–Crippen MR) is 137 cm³/mol. The van der Waals surface area contributed by atoms with E-state index in [1.165, 1.54) is 12.8 Å². The smallest absolute Gasteiger partial charge is 0.227 e. The Labute approximate surface area is 205 Å². The van der Waals surface area contributed by atoms with E-state index in [0.717, 1.165) is 49.3 Å². The number of halogens is 1. The summed E-state index contributed by atoms with van der Waals surface area (Å²) in [5, 5.41) is 3.89. The highest BCUT2D eigenvalue weighted by atomic mass is 35.5. The van der Waals surface area contributed by atoms with Gasteiger partial charge in [-0.1, -0.05) is 35.6 Å². The zero-order valence-electron chi connectivity index (χ0n) is 19.1. The molecule has 1 aliphatic carbocycles. The highest BCUT2D eigenvalue weighted by Gasteiger charge is 2.14. The van der Waals surface area contributed by atoms with Crippen LogP contribution in [0.4, 0.5) is 11.6 Å². The molecule has 0 saturated carbocycles. The number of nitrogens with two attached hydrogens (primary N) is 1. The second-order valence-electron chi connectivity index (χ2n) is 8.38. The Kier molecular flexibility index (Phi) is 8.13. The minimum Gasteiger partial charge on any atom is -0.369 e. The molecule has 3 N–H and O–H groups in total. The van der Waals surface area contributed by atoms with E-state index < -0.39 is 5.91 Å². The van der Waals surface area contributed by atoms with Crippen molar-refractivity contribution < 1.29 is 4.79 Å². The van der Waals surface area contributed by atoms with Crippen LogP contribution in [0.2, 0.25) is 0 Å². The Bertz CT molecular complexity index is 1180. The molecule has 0 atom stereocenters. The van der Waals surface area contributed by atoms with Gasteiger partial charge in [-0.15, -0.1) is 0 Å². The molecule has 6 nitrogen and oxygen atoms in total. The van der Waals surface area contributed by atoms with Crippen molar-refractivity contribution in [1.82, 2.24) is 14.9 Å². The first-order valence-corrected chi connectivity index (χ1v) is 11.9. The van der Waals surface area contributed by atoms with Crippen molar-refractivity contribution in [3.63, 3.8) is 0 Å². The van der Waals surface area contributed by atoms with Crippen LogP contribution in [-0.2, 0) is 11.2 Å². The minimum atomic E-state index is -0.424. The second kappa shape index (κ2) is 11.6. The number of hydrogen-bond donors (Lipinski definition) is 2. The van der Waals surface area contributed by atoms with Crippen molar-refractivity contribution in [3.8, 4) is 11.8 Å². The van der Waals surface area contributed by atoms with Crippen molar-refractivity contribution in [3.05, 3.63) is 76.6 Å². The number of nitrogens with one attached hydrogen (secondary N) is 1. The summed E-state index contributed by atoms with van der Waals surface area (Å²) in [6.07, 6.45) is 13.5. The molecule has 1 aliphatic heterocycles. The highest BCUT2D eigenvalue weighted by molar-refractivity contribution is 6.31. The quantitative estimate of drug-likeness (QED) is 0.601. The summed E-state index contributed by atoms with van der Waals surface area (Å²) in [5.74, 6) is 6.51. The molecule has 0 bridgehead atoms. The Morgan fingerprint density at radius 3 is 2.74 bits per heavy atom. The third-order valence-electron chi connectivity index (χ3n) is 5.71. The molecule has 2 aromatic rings. The lowest BCUT2D eigenvalue weighted by atomic mass is 9.99. The van der Waals surface area contributed by atoms with Gasteiger partial charge in [0.2, 0.25) is 11.9 Å². The lowest BCUT2D eigenvalue weighted by Crippen LogP contribution is -2.18. The number of hydrogen-bond acceptors (Lipinski definition) is 5. The number of rotatable bonds is 6. The summed E-state index contributed by atoms with van der Waals surface area (Å²) < 4.78 is 0. The molecule has 34 heavy (non-hydrogen) atoms. The van der Waals surface area contributed by atoms with Gasteiger partial charge in [-0.25, -0.2) is 9.97 Å². The van der Waals surface area contributed by atoms with Crippen LogP contribution in [0, 0.1) is 11.8 Å². The third-order valence-corrected chi connectivity index (χ3v) is 5.96. The molecule has 0 radical (unpaired) electrons. The predicted octanol–water partition coefficient (Wildman–Crippen LogP) is 4.55. The largest absolute Gasteiger partial charge is 0.369 e. The maximum Gasteiger partial charge on any atom is 0.227 e. The first-order chi connectivity index (χ1) is 16.6. The van der Waals surface area contributed by atoms with Crippen LogP contribution >= 0.6 is 11.6 Å². The molecule has 1 amide bonds. The SMILES string of the molecule is NC(=O)Cc1cnc(Nc2ccc(C#CCN3CCCC3)cc2)nc1C1=CC=C(Cl)C=CCC1. The number of aromatic nitrogens is 2. The van der Waals surface area contributed by atoms with Gasteiger partial charge < -0.3 is 11.1 Å². The third kappa shape index (κ3) is 6.80. The Balaban J connectivity index is 1.51. The average molecular weight is 474 g/mol. The Morgan fingerprint density at radius 1 is 1.18 bits per heavy atom. The fraction of sp³-hybridized carbons (Fsp3) is 0.296. The van der Waals surface area contributed by atoms with Crippen LogP contribution in [-0.4, -0.2) is 40.4 Å². The number of nitrogens with zero attached hydrogens (tertiary/aromatic N) is 3. The number of carbonyl (C=O) groups is 1. The number of allylic oxidation sites excluding steroid dienone is 6. The van der Waals surface area contributed by atoms with Gasteiger partial charge in [0.25, 0.3) is 0 Å². The molecule has 174 valence electrons. The van der Waals surface area contributed by atoms with Gasteiger partial charge in [-0.2, -0.15) is 0 Å². The average Bonchev–Trinajstić information content (AvgIpc) is 3.32. The number of likely N-dealkylation sites (tertiary alicyclic amines) is 1. The molecule has 2 aliphatic rings. The van der Waals surface area contributed by atoms with Crippen molar-refractivity contribution in [2.45, 2.75) is 32.1 Å². The number of primary amides is 1. The maximum absolute atomic E-state index is 11.6. The molecule has 0 unspecified atom stereocenters. The molecule has 1 aromatic heterocycles. The normalized spacial score (nSPS) is 16.0. The van der Waals surface area contributed by atoms with E-state index in [1.54, 1.807) is 6.20 Å². The van der Waals surface area contributed by atoms with Crippen LogP contribution in [0.1, 0.15) is 42.5 Å². The van der Waals surface area contributed by atoms with Gasteiger partial charge in [0, 0.05) is 28.0 Å². The van der Waals surface area contributed by atoms with Crippen LogP contribution < -0.4 is 11.1 Å². The van der Waals surface area contributed by atoms with Gasteiger partial charge in [0.15, 0.2) is 0 Å². The number of benzene rings is 1. The van der Waals surface area contributed by atoms with E-state index in [2.05, 4.69) is 27.0 Å². The number of anilines is 2. The van der Waals surface area contributed by atoms with Gasteiger partial charge in [0.1, 0.15) is 0 Å². The summed E-state index contributed by atoms with van der Waals surface area (Å²) in [4.78, 5) is 23.1. The first-order valence-electron chi connectivity index (χ1n) is 11.5. The molecule has 1 fully saturated rings. The standard InChI is InChI=1S/C27H28ClN5O/c28-23-8-2-1-7-21(11-12-23)26-22(18-25(29)34)19-30-27(32-26)31-24-13-9-20(10-14-24)6-5-17-33-15-3-4-16-33/h2,8-14,19H,1,3-4,7,15-18H2,(H2,29,34)(H,30,31,32). The van der Waals surface area contributed by atoms with E-state index >= 15 is 0 Å². The lowest BCUT2D eigenvalue weighted by molar-refractivity contribution is -0.117. The van der Waals surface area contributed by atoms with E-state index in [4.69, 9.17) is 22.3 Å². The lowest BCUT2D eigenvalue weighted by Gasteiger charge is -2.14. The van der Waals surface area contributed by atoms with Crippen molar-refractivity contribution >= 4 is 34.7 Å². The molecule has 1 aromatic carbocycles. The fourth-order valence-electron chi connectivity index (χ4n) is 3.97. The summed E-state index contributed by atoms with van der Waals surface area (Å²) in [5.41, 5.74) is 9.67. The summed E-state index contributed by atoms with van der Waals surface area (Å²) >= 11 is 6.19. The fourth-order valence-corrected chi connectivity index (χ4v) is 4.13. The monoisotopic (exact) mass is 473 g/mol. The molecule has 1 saturated heterocycles. The zero-order valence-corrected chi connectivity index (χ0v) is 19.8. The van der Waals surface area contributed by atoms with Crippen LogP contribution in [0.3, 0.4) is 0 Å². The van der Waals surface area contributed by atoms with Crippen LogP contribution in [0.15, 0.2) is 59.8 Å². The summed E-state index contributed by atoms with van der Waals surface area (Å²) in [6.45, 7) is 3.11. The molecular weight excluding hydrogens is 446 g/mol. The van der Waals surface area contributed by atoms with Crippen molar-refractivity contribution in [1.29, 1.82) is 0 Å². The Morgan fingerprint density at radius 2 is 1.97 bits per heavy atom. The molecule has 2 heterocycles. The van der Waals surface area contributed by atoms with Gasteiger partial charge in [-0.05, 0) is 80.8 Å². The minimum absolute atomic E-state index is 0.0744. The molecule has 7 heteroatoms. The topological polar surface area (TPSA) is 84.1 Å². The van der Waals surface area contributed by atoms with Gasteiger partial charge >= 0.3 is 0 Å². The number of carbonyl (C=O) groups excluding carboxylic acids is 1. The second-order valence-corrected chi connectivity index (χ2v) is 8.82. The van der Waals surface area contributed by atoms with Crippen molar-refractivity contribution in [2.24, 2.45) is 5.73 Å². The zero-order chi connectivity index (χ0) is 23.8. The molecular formula is C27H28ClN5O. The summed E-state index contributed by atoms with van der Waals surface area (Å²) in [6, 6.07) is 7.89. The van der Waals surface area contributed by atoms with Crippen LogP contribution in [0.25, 0.3) is 5.57 Å². The highest BCUT2D eigenvalue weighted by Crippen LogP contribution is 2.26. The number of amides is 1.